The largest absolute Gasteiger partial charge is 0.382 e. The Kier molecular flexibility index (Phi) is 7.30. The zero-order valence-corrected chi connectivity index (χ0v) is 12.2. The number of benzene rings is 1. The zero-order chi connectivity index (χ0) is 14.1. The van der Waals surface area contributed by atoms with Gasteiger partial charge in [0.1, 0.15) is 0 Å². The van der Waals surface area contributed by atoms with Gasteiger partial charge in [0.05, 0.1) is 6.04 Å². The maximum absolute atomic E-state index is 11.6. The molecule has 5 heteroatoms. The van der Waals surface area contributed by atoms with Gasteiger partial charge >= 0.3 is 6.03 Å². The number of hydrogen-bond acceptors (Lipinski definition) is 2. The Hall–Kier alpha value is -1.26. The topological polar surface area (TPSA) is 50.4 Å². The number of rotatable bonds is 7. The normalized spacial score (nSPS) is 11.9. The number of carbonyl (C=O) groups is 1. The summed E-state index contributed by atoms with van der Waals surface area (Å²) in [5, 5.41) is 6.36. The molecule has 106 valence electrons. The van der Waals surface area contributed by atoms with Crippen LogP contribution in [0.3, 0.4) is 0 Å². The number of halogens is 1. The van der Waals surface area contributed by atoms with Gasteiger partial charge in [0.25, 0.3) is 0 Å². The number of urea groups is 1. The van der Waals surface area contributed by atoms with Crippen molar-refractivity contribution in [1.82, 2.24) is 10.6 Å². The fourth-order valence-corrected chi connectivity index (χ4v) is 1.73. The van der Waals surface area contributed by atoms with Crippen molar-refractivity contribution in [1.29, 1.82) is 0 Å². The molecule has 19 heavy (non-hydrogen) atoms. The van der Waals surface area contributed by atoms with E-state index in [4.69, 9.17) is 16.3 Å². The van der Waals surface area contributed by atoms with Crippen LogP contribution in [-0.2, 0) is 4.74 Å². The van der Waals surface area contributed by atoms with Crippen LogP contribution in [0.2, 0.25) is 5.02 Å². The minimum atomic E-state index is -0.168. The van der Waals surface area contributed by atoms with Gasteiger partial charge in [-0.05, 0) is 38.0 Å². The van der Waals surface area contributed by atoms with Gasteiger partial charge in [-0.2, -0.15) is 0 Å². The summed E-state index contributed by atoms with van der Waals surface area (Å²) in [6.07, 6.45) is 0.816. The average Bonchev–Trinajstić information content (AvgIpc) is 2.39. The molecule has 1 unspecified atom stereocenters. The van der Waals surface area contributed by atoms with E-state index in [2.05, 4.69) is 10.6 Å². The molecule has 1 rings (SSSR count). The van der Waals surface area contributed by atoms with Crippen molar-refractivity contribution in [2.75, 3.05) is 19.8 Å². The standard InChI is InChI=1S/C14H21ClN2O2/c1-3-19-10-4-9-16-14(18)17-11(2)12-5-7-13(15)8-6-12/h5-8,11H,3-4,9-10H2,1-2H3,(H2,16,17,18). The number of amides is 2. The fourth-order valence-electron chi connectivity index (χ4n) is 1.60. The van der Waals surface area contributed by atoms with Crippen LogP contribution in [0.15, 0.2) is 24.3 Å². The smallest absolute Gasteiger partial charge is 0.315 e. The average molecular weight is 285 g/mol. The highest BCUT2D eigenvalue weighted by Gasteiger charge is 2.08. The van der Waals surface area contributed by atoms with Crippen LogP contribution < -0.4 is 10.6 Å². The molecule has 0 aromatic heterocycles. The maximum Gasteiger partial charge on any atom is 0.315 e. The minimum absolute atomic E-state index is 0.0517. The van der Waals surface area contributed by atoms with E-state index >= 15 is 0 Å². The second-order valence-corrected chi connectivity index (χ2v) is 4.66. The highest BCUT2D eigenvalue weighted by atomic mass is 35.5. The van der Waals surface area contributed by atoms with Gasteiger partial charge < -0.3 is 15.4 Å². The first-order valence-electron chi connectivity index (χ1n) is 6.51. The fraction of sp³-hybridized carbons (Fsp3) is 0.500. The van der Waals surface area contributed by atoms with Crippen molar-refractivity contribution in [3.8, 4) is 0 Å². The van der Waals surface area contributed by atoms with Gasteiger partial charge in [0, 0.05) is 24.8 Å². The molecule has 2 amide bonds. The van der Waals surface area contributed by atoms with Gasteiger partial charge in [-0.1, -0.05) is 23.7 Å². The molecule has 2 N–H and O–H groups in total. The Bertz CT molecular complexity index is 382. The Morgan fingerprint density at radius 1 is 1.37 bits per heavy atom. The van der Waals surface area contributed by atoms with Crippen LogP contribution in [0.5, 0.6) is 0 Å². The van der Waals surface area contributed by atoms with Crippen molar-refractivity contribution in [2.24, 2.45) is 0 Å². The lowest BCUT2D eigenvalue weighted by molar-refractivity contribution is 0.145. The highest BCUT2D eigenvalue weighted by Crippen LogP contribution is 2.15. The van der Waals surface area contributed by atoms with E-state index < -0.39 is 0 Å². The summed E-state index contributed by atoms with van der Waals surface area (Å²) in [7, 11) is 0. The quantitative estimate of drug-likeness (QED) is 0.756. The van der Waals surface area contributed by atoms with E-state index in [9.17, 15) is 4.79 Å². The summed E-state index contributed by atoms with van der Waals surface area (Å²) in [4.78, 5) is 11.6. The lowest BCUT2D eigenvalue weighted by Crippen LogP contribution is -2.37. The molecule has 1 aromatic carbocycles. The molecule has 0 aliphatic carbocycles. The summed E-state index contributed by atoms with van der Waals surface area (Å²) in [5.41, 5.74) is 1.02. The van der Waals surface area contributed by atoms with Crippen molar-refractivity contribution < 1.29 is 9.53 Å². The van der Waals surface area contributed by atoms with Crippen molar-refractivity contribution in [3.63, 3.8) is 0 Å². The van der Waals surface area contributed by atoms with Gasteiger partial charge in [-0.3, -0.25) is 0 Å². The van der Waals surface area contributed by atoms with E-state index in [1.807, 2.05) is 38.1 Å². The monoisotopic (exact) mass is 284 g/mol. The molecule has 0 spiro atoms. The second kappa shape index (κ2) is 8.77. The first kappa shape index (κ1) is 15.8. The van der Waals surface area contributed by atoms with E-state index in [0.29, 0.717) is 24.8 Å². The van der Waals surface area contributed by atoms with E-state index in [1.54, 1.807) is 0 Å². The Morgan fingerprint density at radius 2 is 2.05 bits per heavy atom. The van der Waals surface area contributed by atoms with E-state index in [1.165, 1.54) is 0 Å². The molecule has 0 saturated carbocycles. The third-order valence-corrected chi connectivity index (χ3v) is 2.92. The lowest BCUT2D eigenvalue weighted by atomic mass is 10.1. The summed E-state index contributed by atoms with van der Waals surface area (Å²) in [6.45, 7) is 5.87. The number of nitrogens with one attached hydrogen (secondary N) is 2. The first-order chi connectivity index (χ1) is 9.13. The Balaban J connectivity index is 2.26. The van der Waals surface area contributed by atoms with Crippen LogP contribution in [0, 0.1) is 0 Å². The summed E-state index contributed by atoms with van der Waals surface area (Å²) in [6, 6.07) is 7.22. The molecule has 1 aromatic rings. The number of ether oxygens (including phenoxy) is 1. The van der Waals surface area contributed by atoms with Crippen molar-refractivity contribution in [3.05, 3.63) is 34.9 Å². The third-order valence-electron chi connectivity index (χ3n) is 2.67. The maximum atomic E-state index is 11.6. The molecular formula is C14H21ClN2O2. The van der Waals surface area contributed by atoms with Crippen LogP contribution in [0.25, 0.3) is 0 Å². The van der Waals surface area contributed by atoms with Crippen LogP contribution >= 0.6 is 11.6 Å². The van der Waals surface area contributed by atoms with Crippen molar-refractivity contribution >= 4 is 17.6 Å². The van der Waals surface area contributed by atoms with Gasteiger partial charge in [-0.25, -0.2) is 4.79 Å². The Morgan fingerprint density at radius 3 is 2.68 bits per heavy atom. The summed E-state index contributed by atoms with van der Waals surface area (Å²) in [5.74, 6) is 0. The first-order valence-corrected chi connectivity index (χ1v) is 6.89. The number of carbonyl (C=O) groups excluding carboxylic acids is 1. The van der Waals surface area contributed by atoms with Crippen molar-refractivity contribution in [2.45, 2.75) is 26.3 Å². The molecule has 0 heterocycles. The van der Waals surface area contributed by atoms with Crippen LogP contribution in [0.4, 0.5) is 4.79 Å². The lowest BCUT2D eigenvalue weighted by Gasteiger charge is -2.15. The van der Waals surface area contributed by atoms with Gasteiger partial charge in [0.15, 0.2) is 0 Å². The predicted molar refractivity (Wildman–Crippen MR) is 77.5 cm³/mol. The molecule has 0 radical (unpaired) electrons. The molecule has 4 nitrogen and oxygen atoms in total. The van der Waals surface area contributed by atoms with Crippen LogP contribution in [-0.4, -0.2) is 25.8 Å². The summed E-state index contributed by atoms with van der Waals surface area (Å²) < 4.78 is 5.19. The van der Waals surface area contributed by atoms with E-state index in [-0.39, 0.29) is 12.1 Å². The third kappa shape index (κ3) is 6.45. The second-order valence-electron chi connectivity index (χ2n) is 4.22. The molecule has 1 atom stereocenters. The molecule has 0 bridgehead atoms. The predicted octanol–water partition coefficient (Wildman–Crippen LogP) is 3.13. The zero-order valence-electron chi connectivity index (χ0n) is 11.4. The van der Waals surface area contributed by atoms with E-state index in [0.717, 1.165) is 12.0 Å². The summed E-state index contributed by atoms with van der Waals surface area (Å²) >= 11 is 5.82. The van der Waals surface area contributed by atoms with Gasteiger partial charge in [-0.15, -0.1) is 0 Å². The Labute approximate surface area is 119 Å². The minimum Gasteiger partial charge on any atom is -0.382 e. The molecule has 0 aliphatic heterocycles. The molecular weight excluding hydrogens is 264 g/mol. The van der Waals surface area contributed by atoms with Gasteiger partial charge in [0.2, 0.25) is 0 Å². The highest BCUT2D eigenvalue weighted by molar-refractivity contribution is 6.30. The molecule has 0 aliphatic rings. The molecule has 0 fully saturated rings. The molecule has 0 saturated heterocycles. The number of hydrogen-bond donors (Lipinski definition) is 2. The van der Waals surface area contributed by atoms with Crippen LogP contribution in [0.1, 0.15) is 31.9 Å². The SMILES string of the molecule is CCOCCCNC(=O)NC(C)c1ccc(Cl)cc1.